The number of non-ortho nitro benzene ring substituents is 1. The number of carbonyl (C=O) groups excluding carboxylic acids is 2. The summed E-state index contributed by atoms with van der Waals surface area (Å²) in [6, 6.07) is 9.86. The standard InChI is InChI=1S/C17H12N2O6S/c20-13-3-1-2-11(15(13)21)8-14-16(22)18(17(23)26-14)9-10-4-6-12(7-5-10)19(24)25/h1-8,20-21H,9H2. The number of nitro benzene ring substituents is 1. The van der Waals surface area contributed by atoms with Crippen molar-refractivity contribution in [1.82, 2.24) is 4.90 Å². The number of hydrogen-bond donors (Lipinski definition) is 2. The minimum atomic E-state index is -0.541. The van der Waals surface area contributed by atoms with Crippen LogP contribution in [-0.4, -0.2) is 31.2 Å². The van der Waals surface area contributed by atoms with Gasteiger partial charge in [0.05, 0.1) is 16.4 Å². The third kappa shape index (κ3) is 3.38. The number of para-hydroxylation sites is 1. The molecule has 0 radical (unpaired) electrons. The second kappa shape index (κ2) is 6.89. The van der Waals surface area contributed by atoms with Crippen molar-refractivity contribution in [3.8, 4) is 11.5 Å². The highest BCUT2D eigenvalue weighted by molar-refractivity contribution is 8.18. The lowest BCUT2D eigenvalue weighted by atomic mass is 10.1. The van der Waals surface area contributed by atoms with Crippen molar-refractivity contribution in [3.63, 3.8) is 0 Å². The molecule has 8 nitrogen and oxygen atoms in total. The summed E-state index contributed by atoms with van der Waals surface area (Å²) in [5, 5.41) is 29.5. The first-order chi connectivity index (χ1) is 12.4. The van der Waals surface area contributed by atoms with E-state index in [0.29, 0.717) is 17.3 Å². The monoisotopic (exact) mass is 372 g/mol. The van der Waals surface area contributed by atoms with Gasteiger partial charge in [0.1, 0.15) is 0 Å². The number of phenols is 2. The van der Waals surface area contributed by atoms with Crippen LogP contribution in [0.1, 0.15) is 11.1 Å². The minimum Gasteiger partial charge on any atom is -0.504 e. The van der Waals surface area contributed by atoms with E-state index < -0.39 is 16.1 Å². The van der Waals surface area contributed by atoms with Gasteiger partial charge in [-0.1, -0.05) is 24.3 Å². The zero-order chi connectivity index (χ0) is 18.8. The minimum absolute atomic E-state index is 0.0218. The lowest BCUT2D eigenvalue weighted by molar-refractivity contribution is -0.384. The van der Waals surface area contributed by atoms with Crippen LogP contribution in [0.3, 0.4) is 0 Å². The maximum atomic E-state index is 12.5. The van der Waals surface area contributed by atoms with E-state index in [4.69, 9.17) is 0 Å². The fraction of sp³-hybridized carbons (Fsp3) is 0.0588. The predicted octanol–water partition coefficient (Wildman–Crippen LogP) is 3.24. The number of benzene rings is 2. The molecular formula is C17H12N2O6S. The quantitative estimate of drug-likeness (QED) is 0.366. The summed E-state index contributed by atoms with van der Waals surface area (Å²) in [5.74, 6) is -1.25. The van der Waals surface area contributed by atoms with Gasteiger partial charge in [0.2, 0.25) is 0 Å². The molecule has 0 bridgehead atoms. The summed E-state index contributed by atoms with van der Waals surface area (Å²) in [5.41, 5.74) is 0.701. The highest BCUT2D eigenvalue weighted by atomic mass is 32.2. The van der Waals surface area contributed by atoms with Crippen LogP contribution < -0.4 is 0 Å². The van der Waals surface area contributed by atoms with Gasteiger partial charge in [0.15, 0.2) is 11.5 Å². The molecule has 0 aliphatic carbocycles. The Morgan fingerprint density at radius 1 is 1.12 bits per heavy atom. The first-order valence-corrected chi connectivity index (χ1v) is 8.18. The number of rotatable bonds is 4. The van der Waals surface area contributed by atoms with Crippen LogP contribution in [0.4, 0.5) is 10.5 Å². The average Bonchev–Trinajstić information content (AvgIpc) is 2.87. The smallest absolute Gasteiger partial charge is 0.293 e. The van der Waals surface area contributed by atoms with E-state index in [1.165, 1.54) is 48.5 Å². The Kier molecular flexibility index (Phi) is 4.63. The molecule has 1 aliphatic heterocycles. The molecule has 0 atom stereocenters. The molecule has 2 aromatic carbocycles. The largest absolute Gasteiger partial charge is 0.504 e. The molecule has 0 saturated carbocycles. The molecule has 1 aliphatic rings. The third-order valence-electron chi connectivity index (χ3n) is 3.69. The third-order valence-corrected chi connectivity index (χ3v) is 4.60. The molecule has 1 fully saturated rings. The number of phenolic OH excluding ortho intramolecular Hbond substituents is 2. The normalized spacial score (nSPS) is 15.7. The van der Waals surface area contributed by atoms with Crippen molar-refractivity contribution in [2.45, 2.75) is 6.54 Å². The number of thioether (sulfide) groups is 1. The fourth-order valence-corrected chi connectivity index (χ4v) is 3.18. The van der Waals surface area contributed by atoms with E-state index in [-0.39, 0.29) is 34.2 Å². The van der Waals surface area contributed by atoms with E-state index in [2.05, 4.69) is 0 Å². The van der Waals surface area contributed by atoms with Gasteiger partial charge in [-0.2, -0.15) is 0 Å². The summed E-state index contributed by atoms with van der Waals surface area (Å²) in [4.78, 5) is 35.8. The van der Waals surface area contributed by atoms with Crippen molar-refractivity contribution in [1.29, 1.82) is 0 Å². The van der Waals surface area contributed by atoms with Crippen LogP contribution in [0.25, 0.3) is 6.08 Å². The van der Waals surface area contributed by atoms with Crippen molar-refractivity contribution in [2.24, 2.45) is 0 Å². The molecule has 3 rings (SSSR count). The second-order valence-electron chi connectivity index (χ2n) is 5.41. The number of carbonyl (C=O) groups is 2. The second-order valence-corrected chi connectivity index (χ2v) is 6.40. The zero-order valence-corrected chi connectivity index (χ0v) is 14.0. The molecule has 26 heavy (non-hydrogen) atoms. The number of imide groups is 1. The van der Waals surface area contributed by atoms with E-state index in [9.17, 15) is 29.9 Å². The van der Waals surface area contributed by atoms with Gasteiger partial charge in [-0.3, -0.25) is 24.6 Å². The summed E-state index contributed by atoms with van der Waals surface area (Å²) >= 11 is 0.716. The summed E-state index contributed by atoms with van der Waals surface area (Å²) in [7, 11) is 0. The van der Waals surface area contributed by atoms with Crippen molar-refractivity contribution in [2.75, 3.05) is 0 Å². The fourth-order valence-electron chi connectivity index (χ4n) is 2.35. The Labute approximate surface area is 151 Å². The predicted molar refractivity (Wildman–Crippen MR) is 94.4 cm³/mol. The molecular weight excluding hydrogens is 360 g/mol. The topological polar surface area (TPSA) is 121 Å². The molecule has 132 valence electrons. The number of hydrogen-bond acceptors (Lipinski definition) is 7. The first kappa shape index (κ1) is 17.5. The number of nitro groups is 1. The first-order valence-electron chi connectivity index (χ1n) is 7.36. The van der Waals surface area contributed by atoms with Crippen LogP contribution >= 0.6 is 11.8 Å². The van der Waals surface area contributed by atoms with E-state index in [1.807, 2.05) is 0 Å². The average molecular weight is 372 g/mol. The molecule has 1 saturated heterocycles. The number of amides is 2. The number of nitrogens with zero attached hydrogens (tertiary/aromatic N) is 2. The van der Waals surface area contributed by atoms with E-state index in [1.54, 1.807) is 0 Å². The lowest BCUT2D eigenvalue weighted by Gasteiger charge is -2.12. The summed E-state index contributed by atoms with van der Waals surface area (Å²) in [6.07, 6.45) is 1.33. The van der Waals surface area contributed by atoms with Gasteiger partial charge >= 0.3 is 0 Å². The van der Waals surface area contributed by atoms with Gasteiger partial charge < -0.3 is 10.2 Å². The van der Waals surface area contributed by atoms with Gasteiger partial charge in [-0.05, 0) is 29.5 Å². The maximum Gasteiger partial charge on any atom is 0.293 e. The van der Waals surface area contributed by atoms with Crippen LogP contribution in [0.5, 0.6) is 11.5 Å². The van der Waals surface area contributed by atoms with Crippen molar-refractivity contribution < 1.29 is 24.7 Å². The van der Waals surface area contributed by atoms with E-state index in [0.717, 1.165) is 4.90 Å². The SMILES string of the molecule is O=C1SC(=Cc2cccc(O)c2O)C(=O)N1Cc1ccc([N+](=O)[O-])cc1. The highest BCUT2D eigenvalue weighted by Gasteiger charge is 2.35. The van der Waals surface area contributed by atoms with Crippen molar-refractivity contribution in [3.05, 3.63) is 68.6 Å². The van der Waals surface area contributed by atoms with Crippen LogP contribution in [-0.2, 0) is 11.3 Å². The van der Waals surface area contributed by atoms with Gasteiger partial charge in [-0.25, -0.2) is 0 Å². The molecule has 0 spiro atoms. The van der Waals surface area contributed by atoms with Crippen LogP contribution in [0, 0.1) is 10.1 Å². The van der Waals surface area contributed by atoms with Gasteiger partial charge in [0.25, 0.3) is 16.8 Å². The molecule has 0 aromatic heterocycles. The molecule has 2 aromatic rings. The summed E-state index contributed by atoms with van der Waals surface area (Å²) in [6.45, 7) is -0.0218. The zero-order valence-electron chi connectivity index (χ0n) is 13.2. The van der Waals surface area contributed by atoms with Crippen molar-refractivity contribution >= 4 is 34.7 Å². The Morgan fingerprint density at radius 3 is 2.46 bits per heavy atom. The Bertz CT molecular complexity index is 939. The molecule has 0 unspecified atom stereocenters. The summed E-state index contributed by atoms with van der Waals surface area (Å²) < 4.78 is 0. The van der Waals surface area contributed by atoms with Gasteiger partial charge in [0, 0.05) is 17.7 Å². The van der Waals surface area contributed by atoms with Gasteiger partial charge in [-0.15, -0.1) is 0 Å². The maximum absolute atomic E-state index is 12.5. The highest BCUT2D eigenvalue weighted by Crippen LogP contribution is 2.36. The lowest BCUT2D eigenvalue weighted by Crippen LogP contribution is -2.27. The van der Waals surface area contributed by atoms with Crippen LogP contribution in [0.15, 0.2) is 47.4 Å². The van der Waals surface area contributed by atoms with Crippen LogP contribution in [0.2, 0.25) is 0 Å². The Hall–Kier alpha value is -3.33. The molecule has 9 heteroatoms. The molecule has 1 heterocycles. The van der Waals surface area contributed by atoms with E-state index >= 15 is 0 Å². The Morgan fingerprint density at radius 2 is 1.81 bits per heavy atom. The number of aromatic hydroxyl groups is 2. The molecule has 2 N–H and O–H groups in total. The Balaban J connectivity index is 1.81. The molecule has 2 amide bonds.